The van der Waals surface area contributed by atoms with Crippen molar-refractivity contribution in [3.05, 3.63) is 42.5 Å². The number of anilines is 1. The molecule has 0 spiro atoms. The molecule has 2 aliphatic rings. The van der Waals surface area contributed by atoms with Crippen molar-refractivity contribution in [1.82, 2.24) is 4.90 Å². The number of likely N-dealkylation sites (tertiary alicyclic amines) is 1. The molecule has 2 aliphatic heterocycles. The summed E-state index contributed by atoms with van der Waals surface area (Å²) >= 11 is 0. The van der Waals surface area contributed by atoms with Crippen LogP contribution in [0, 0.1) is 0 Å². The first-order chi connectivity index (χ1) is 9.84. The Morgan fingerprint density at radius 3 is 2.67 bits per heavy atom. The highest BCUT2D eigenvalue weighted by molar-refractivity contribution is 6.81. The van der Waals surface area contributed by atoms with Crippen LogP contribution in [0.15, 0.2) is 36.9 Å². The standard InChI is InChI=1S/C17H24N2OSi/c1-6-11-17-12-9-7-8-10-13(12)18-16(17)19(2)15(20)14(17)21(3,4)5/h6-10,14,16,18H,1,11H2,2-5H3/t14-,16+,17-/m1/s1. The smallest absolute Gasteiger partial charge is 0.225 e. The second kappa shape index (κ2) is 4.47. The number of rotatable bonds is 3. The van der Waals surface area contributed by atoms with E-state index in [1.807, 2.05) is 18.0 Å². The van der Waals surface area contributed by atoms with Crippen LogP contribution in [0.25, 0.3) is 0 Å². The Balaban J connectivity index is 2.27. The lowest BCUT2D eigenvalue weighted by Gasteiger charge is -2.39. The minimum Gasteiger partial charge on any atom is -0.364 e. The first-order valence-corrected chi connectivity index (χ1v) is 11.2. The number of para-hydroxylation sites is 1. The normalized spacial score (nSPS) is 30.9. The summed E-state index contributed by atoms with van der Waals surface area (Å²) in [4.78, 5) is 14.9. The minimum atomic E-state index is -1.67. The first-order valence-electron chi connectivity index (χ1n) is 7.57. The van der Waals surface area contributed by atoms with E-state index in [-0.39, 0.29) is 17.1 Å². The average molecular weight is 300 g/mol. The summed E-state index contributed by atoms with van der Waals surface area (Å²) in [7, 11) is 0.262. The van der Waals surface area contributed by atoms with Crippen molar-refractivity contribution in [3.8, 4) is 0 Å². The summed E-state index contributed by atoms with van der Waals surface area (Å²) in [5.74, 6) is 0.294. The number of hydrogen-bond acceptors (Lipinski definition) is 2. The predicted molar refractivity (Wildman–Crippen MR) is 90.2 cm³/mol. The molecule has 1 saturated heterocycles. The number of likely N-dealkylation sites (N-methyl/N-ethyl adjacent to an activating group) is 1. The van der Waals surface area contributed by atoms with Crippen LogP contribution in [0.2, 0.25) is 25.2 Å². The molecule has 112 valence electrons. The molecule has 2 heterocycles. The second-order valence-corrected chi connectivity index (χ2v) is 12.7. The Labute approximate surface area is 128 Å². The molecule has 1 aromatic carbocycles. The maximum atomic E-state index is 12.9. The van der Waals surface area contributed by atoms with Crippen molar-refractivity contribution in [1.29, 1.82) is 0 Å². The van der Waals surface area contributed by atoms with Gasteiger partial charge in [-0.05, 0) is 18.1 Å². The Bertz CT molecular complexity index is 607. The van der Waals surface area contributed by atoms with Gasteiger partial charge in [0, 0.05) is 23.7 Å². The summed E-state index contributed by atoms with van der Waals surface area (Å²) in [5, 5.41) is 3.58. The number of amides is 1. The summed E-state index contributed by atoms with van der Waals surface area (Å²) in [5.41, 5.74) is 2.40. The molecule has 21 heavy (non-hydrogen) atoms. The van der Waals surface area contributed by atoms with Gasteiger partial charge in [0.1, 0.15) is 6.17 Å². The highest BCUT2D eigenvalue weighted by Gasteiger charge is 2.65. The molecule has 0 bridgehead atoms. The molecule has 0 aromatic heterocycles. The molecule has 1 aromatic rings. The van der Waals surface area contributed by atoms with Crippen molar-refractivity contribution >= 4 is 19.7 Å². The van der Waals surface area contributed by atoms with Gasteiger partial charge in [-0.3, -0.25) is 4.79 Å². The lowest BCUT2D eigenvalue weighted by Crippen LogP contribution is -2.47. The van der Waals surface area contributed by atoms with Gasteiger partial charge in [0.15, 0.2) is 0 Å². The number of carbonyl (C=O) groups excluding carboxylic acids is 1. The lowest BCUT2D eigenvalue weighted by molar-refractivity contribution is -0.127. The zero-order valence-corrected chi connectivity index (χ0v) is 14.3. The highest BCUT2D eigenvalue weighted by atomic mass is 28.3. The zero-order chi connectivity index (χ0) is 15.4. The maximum Gasteiger partial charge on any atom is 0.225 e. The molecule has 1 amide bonds. The largest absolute Gasteiger partial charge is 0.364 e. The average Bonchev–Trinajstić information content (AvgIpc) is 2.82. The number of nitrogens with one attached hydrogen (secondary N) is 1. The number of carbonyl (C=O) groups is 1. The molecule has 0 saturated carbocycles. The summed E-state index contributed by atoms with van der Waals surface area (Å²) in [6, 6.07) is 8.45. The van der Waals surface area contributed by atoms with Crippen LogP contribution in [0.3, 0.4) is 0 Å². The zero-order valence-electron chi connectivity index (χ0n) is 13.3. The van der Waals surface area contributed by atoms with Crippen molar-refractivity contribution in [2.75, 3.05) is 12.4 Å². The quantitative estimate of drug-likeness (QED) is 0.685. The van der Waals surface area contributed by atoms with Gasteiger partial charge in [-0.15, -0.1) is 6.58 Å². The van der Waals surface area contributed by atoms with Crippen molar-refractivity contribution in [2.24, 2.45) is 0 Å². The van der Waals surface area contributed by atoms with Crippen LogP contribution < -0.4 is 5.32 Å². The second-order valence-electron chi connectivity index (χ2n) is 7.37. The third kappa shape index (κ3) is 1.75. The monoisotopic (exact) mass is 300 g/mol. The van der Waals surface area contributed by atoms with Crippen LogP contribution >= 0.6 is 0 Å². The highest BCUT2D eigenvalue weighted by Crippen LogP contribution is 2.59. The molecule has 1 N–H and O–H groups in total. The van der Waals surface area contributed by atoms with Gasteiger partial charge in [-0.1, -0.05) is 43.9 Å². The fourth-order valence-electron chi connectivity index (χ4n) is 4.47. The molecule has 4 heteroatoms. The third-order valence-electron chi connectivity index (χ3n) is 5.05. The summed E-state index contributed by atoms with van der Waals surface area (Å²) in [6.45, 7) is 10.9. The number of nitrogens with zero attached hydrogens (tertiary/aromatic N) is 1. The van der Waals surface area contributed by atoms with E-state index in [9.17, 15) is 4.79 Å². The molecule has 3 nitrogen and oxygen atoms in total. The summed E-state index contributed by atoms with van der Waals surface area (Å²) < 4.78 is 0. The van der Waals surface area contributed by atoms with Crippen molar-refractivity contribution in [2.45, 2.75) is 43.2 Å². The molecule has 3 atom stereocenters. The fourth-order valence-corrected chi connectivity index (χ4v) is 7.39. The predicted octanol–water partition coefficient (Wildman–Crippen LogP) is 3.43. The minimum absolute atomic E-state index is 0.0529. The third-order valence-corrected chi connectivity index (χ3v) is 7.55. The first kappa shape index (κ1) is 14.4. The molecule has 1 fully saturated rings. The van der Waals surface area contributed by atoms with E-state index < -0.39 is 8.07 Å². The van der Waals surface area contributed by atoms with Gasteiger partial charge in [-0.2, -0.15) is 0 Å². The maximum absolute atomic E-state index is 12.9. The number of hydrogen-bond donors (Lipinski definition) is 1. The molecular weight excluding hydrogens is 276 g/mol. The van der Waals surface area contributed by atoms with E-state index in [4.69, 9.17) is 0 Å². The van der Waals surface area contributed by atoms with E-state index in [0.717, 1.165) is 6.42 Å². The van der Waals surface area contributed by atoms with Crippen molar-refractivity contribution < 1.29 is 4.79 Å². The Kier molecular flexibility index (Phi) is 3.06. The number of fused-ring (bicyclic) bond motifs is 3. The van der Waals surface area contributed by atoms with Crippen molar-refractivity contribution in [3.63, 3.8) is 0 Å². The van der Waals surface area contributed by atoms with Gasteiger partial charge in [-0.25, -0.2) is 0 Å². The van der Waals surface area contributed by atoms with E-state index in [0.29, 0.717) is 5.91 Å². The molecule has 3 rings (SSSR count). The number of allylic oxidation sites excluding steroid dienone is 1. The fraction of sp³-hybridized carbons (Fsp3) is 0.471. The lowest BCUT2D eigenvalue weighted by atomic mass is 9.76. The molecule has 0 aliphatic carbocycles. The van der Waals surface area contributed by atoms with Crippen LogP contribution in [0.1, 0.15) is 12.0 Å². The molecule has 0 unspecified atom stereocenters. The van der Waals surface area contributed by atoms with E-state index >= 15 is 0 Å². The molecular formula is C17H24N2OSi. The van der Waals surface area contributed by atoms with E-state index in [1.54, 1.807) is 0 Å². The van der Waals surface area contributed by atoms with Crippen LogP contribution in [0.4, 0.5) is 5.69 Å². The van der Waals surface area contributed by atoms with E-state index in [2.05, 4.69) is 55.8 Å². The Morgan fingerprint density at radius 2 is 2.05 bits per heavy atom. The van der Waals surface area contributed by atoms with E-state index in [1.165, 1.54) is 11.3 Å². The van der Waals surface area contributed by atoms with Gasteiger partial charge >= 0.3 is 0 Å². The van der Waals surface area contributed by atoms with Gasteiger partial charge in [0.2, 0.25) is 5.91 Å². The Hall–Kier alpha value is -1.55. The molecule has 0 radical (unpaired) electrons. The van der Waals surface area contributed by atoms with Crippen LogP contribution in [-0.2, 0) is 10.2 Å². The summed E-state index contributed by atoms with van der Waals surface area (Å²) in [6.07, 6.45) is 2.88. The Morgan fingerprint density at radius 1 is 1.38 bits per heavy atom. The van der Waals surface area contributed by atoms with Crippen LogP contribution in [-0.4, -0.2) is 32.1 Å². The van der Waals surface area contributed by atoms with Gasteiger partial charge in [0.05, 0.1) is 8.07 Å². The van der Waals surface area contributed by atoms with Gasteiger partial charge in [0.25, 0.3) is 0 Å². The van der Waals surface area contributed by atoms with Crippen LogP contribution in [0.5, 0.6) is 0 Å². The SMILES string of the molecule is C=CC[C@]12c3ccccc3N[C@H]1N(C)C(=O)[C@H]2[Si](C)(C)C. The number of benzene rings is 1. The topological polar surface area (TPSA) is 32.3 Å². The van der Waals surface area contributed by atoms with Gasteiger partial charge < -0.3 is 10.2 Å².